The van der Waals surface area contributed by atoms with Gasteiger partial charge in [0.25, 0.3) is 0 Å². The van der Waals surface area contributed by atoms with Crippen LogP contribution < -0.4 is 10.6 Å². The van der Waals surface area contributed by atoms with Gasteiger partial charge in [-0.1, -0.05) is 109 Å². The molecule has 8 rings (SSSR count). The predicted octanol–water partition coefficient (Wildman–Crippen LogP) is 9.77. The molecule has 0 aliphatic carbocycles. The third-order valence-corrected chi connectivity index (χ3v) is 11.0. The minimum absolute atomic E-state index is 0.0326. The average Bonchev–Trinajstić information content (AvgIpc) is 3.19. The summed E-state index contributed by atoms with van der Waals surface area (Å²) in [5.41, 5.74) is 2.49. The zero-order chi connectivity index (χ0) is 36.3. The molecular formula is C47H44N2O4. The fourth-order valence-corrected chi connectivity index (χ4v) is 8.35. The molecule has 0 fully saturated rings. The van der Waals surface area contributed by atoms with E-state index in [1.807, 2.05) is 0 Å². The number of aryl methyl sites for hydroxylation is 2. The first-order valence-electron chi connectivity index (χ1n) is 18.9. The SMILES string of the molecule is COC(=O)[C@H](CCCCNC(=O)CCCc1ccc2ccc3cccc4ccc1c2c34)NC(=O)CCCc1ccc2ccc3cccc4ccc1c2c34. The van der Waals surface area contributed by atoms with Gasteiger partial charge in [-0.05, 0) is 121 Å². The number of amides is 2. The van der Waals surface area contributed by atoms with Crippen molar-refractivity contribution in [2.45, 2.75) is 63.8 Å². The summed E-state index contributed by atoms with van der Waals surface area (Å²) in [6, 6.07) is 38.4. The lowest BCUT2D eigenvalue weighted by atomic mass is 9.90. The summed E-state index contributed by atoms with van der Waals surface area (Å²) in [6.45, 7) is 0.527. The molecule has 0 saturated heterocycles. The quantitative estimate of drug-likeness (QED) is 0.0634. The molecule has 2 amide bonds. The van der Waals surface area contributed by atoms with Crippen LogP contribution in [0, 0.1) is 0 Å². The molecule has 0 radical (unpaired) electrons. The second kappa shape index (κ2) is 15.1. The van der Waals surface area contributed by atoms with Crippen molar-refractivity contribution in [3.8, 4) is 0 Å². The van der Waals surface area contributed by atoms with Crippen LogP contribution in [0.2, 0.25) is 0 Å². The van der Waals surface area contributed by atoms with Gasteiger partial charge in [0.1, 0.15) is 6.04 Å². The molecule has 6 nitrogen and oxygen atoms in total. The average molecular weight is 701 g/mol. The molecule has 0 saturated carbocycles. The molecule has 1 atom stereocenters. The molecular weight excluding hydrogens is 657 g/mol. The zero-order valence-corrected chi connectivity index (χ0v) is 30.2. The maximum atomic E-state index is 13.0. The Balaban J connectivity index is 0.780. The summed E-state index contributed by atoms with van der Waals surface area (Å²) in [7, 11) is 1.35. The van der Waals surface area contributed by atoms with Crippen LogP contribution in [0.5, 0.6) is 0 Å². The highest BCUT2D eigenvalue weighted by atomic mass is 16.5. The maximum Gasteiger partial charge on any atom is 0.328 e. The van der Waals surface area contributed by atoms with Gasteiger partial charge in [0.15, 0.2) is 0 Å². The number of benzene rings is 8. The Morgan fingerprint density at radius 2 is 0.981 bits per heavy atom. The molecule has 0 aliphatic heterocycles. The lowest BCUT2D eigenvalue weighted by Gasteiger charge is -2.17. The summed E-state index contributed by atoms with van der Waals surface area (Å²) in [5.74, 6) is -0.567. The summed E-state index contributed by atoms with van der Waals surface area (Å²) in [6.07, 6.45) is 5.65. The molecule has 53 heavy (non-hydrogen) atoms. The number of rotatable bonds is 15. The highest BCUT2D eigenvalue weighted by Crippen LogP contribution is 2.37. The van der Waals surface area contributed by atoms with Crippen molar-refractivity contribution in [3.63, 3.8) is 0 Å². The van der Waals surface area contributed by atoms with E-state index in [1.54, 1.807) is 0 Å². The standard InChI is InChI=1S/C47H44N2O4/c1-53-47(52)40(49-42(51)16-7-9-31-18-20-37-24-22-33-11-5-13-35-26-28-39(31)46(37)44(33)35)14-2-3-29-48-41(50)15-6-8-30-17-19-36-23-21-32-10-4-12-34-25-27-38(30)45(36)43(32)34/h4-5,10-13,17-28,40H,2-3,6-9,14-16,29H2,1H3,(H,48,50)(H,49,51)/t40-/m0/s1. The molecule has 6 heteroatoms. The van der Waals surface area contributed by atoms with Gasteiger partial charge in [0, 0.05) is 19.4 Å². The Bertz CT molecular complexity index is 2560. The van der Waals surface area contributed by atoms with Gasteiger partial charge >= 0.3 is 5.97 Å². The maximum absolute atomic E-state index is 13.0. The fourth-order valence-electron chi connectivity index (χ4n) is 8.35. The lowest BCUT2D eigenvalue weighted by Crippen LogP contribution is -2.41. The van der Waals surface area contributed by atoms with Crippen molar-refractivity contribution >= 4 is 82.4 Å². The van der Waals surface area contributed by atoms with Crippen LogP contribution in [0.15, 0.2) is 109 Å². The minimum Gasteiger partial charge on any atom is -0.467 e. The molecule has 0 spiro atoms. The van der Waals surface area contributed by atoms with E-state index in [4.69, 9.17) is 4.74 Å². The first kappa shape index (κ1) is 34.3. The van der Waals surface area contributed by atoms with E-state index in [1.165, 1.54) is 82.9 Å². The van der Waals surface area contributed by atoms with Crippen molar-refractivity contribution < 1.29 is 19.1 Å². The van der Waals surface area contributed by atoms with Crippen LogP contribution in [0.25, 0.3) is 64.6 Å². The number of esters is 1. The third-order valence-electron chi connectivity index (χ3n) is 11.0. The minimum atomic E-state index is -0.706. The summed E-state index contributed by atoms with van der Waals surface area (Å²) in [4.78, 5) is 38.2. The Hall–Kier alpha value is -5.75. The van der Waals surface area contributed by atoms with Gasteiger partial charge in [-0.25, -0.2) is 4.79 Å². The number of methoxy groups -OCH3 is 1. The van der Waals surface area contributed by atoms with Gasteiger partial charge in [-0.3, -0.25) is 9.59 Å². The van der Waals surface area contributed by atoms with Crippen LogP contribution in [-0.4, -0.2) is 37.5 Å². The third kappa shape index (κ3) is 6.94. The molecule has 0 bridgehead atoms. The van der Waals surface area contributed by atoms with E-state index in [-0.39, 0.29) is 11.8 Å². The van der Waals surface area contributed by atoms with E-state index < -0.39 is 12.0 Å². The number of hydrogen-bond donors (Lipinski definition) is 2. The second-order valence-corrected chi connectivity index (χ2v) is 14.4. The van der Waals surface area contributed by atoms with Gasteiger partial charge in [-0.15, -0.1) is 0 Å². The first-order chi connectivity index (χ1) is 26.0. The van der Waals surface area contributed by atoms with Crippen molar-refractivity contribution in [1.82, 2.24) is 10.6 Å². The Labute approximate surface area is 309 Å². The zero-order valence-electron chi connectivity index (χ0n) is 30.2. The van der Waals surface area contributed by atoms with Gasteiger partial charge in [-0.2, -0.15) is 0 Å². The number of hydrogen-bond acceptors (Lipinski definition) is 4. The largest absolute Gasteiger partial charge is 0.467 e. The lowest BCUT2D eigenvalue weighted by molar-refractivity contribution is -0.145. The van der Waals surface area contributed by atoms with Crippen LogP contribution in [0.4, 0.5) is 0 Å². The first-order valence-corrected chi connectivity index (χ1v) is 18.9. The Morgan fingerprint density at radius 1 is 0.528 bits per heavy atom. The van der Waals surface area contributed by atoms with E-state index >= 15 is 0 Å². The molecule has 8 aromatic rings. The van der Waals surface area contributed by atoms with Gasteiger partial charge in [0.2, 0.25) is 11.8 Å². The fraction of sp³-hybridized carbons (Fsp3) is 0.255. The van der Waals surface area contributed by atoms with Crippen LogP contribution in [0.1, 0.15) is 56.1 Å². The normalized spacial score (nSPS) is 12.4. The summed E-state index contributed by atoms with van der Waals surface area (Å²) >= 11 is 0. The number of carbonyl (C=O) groups is 3. The van der Waals surface area contributed by atoms with Crippen molar-refractivity contribution in [1.29, 1.82) is 0 Å². The topological polar surface area (TPSA) is 84.5 Å². The number of ether oxygens (including phenoxy) is 1. The van der Waals surface area contributed by atoms with Crippen LogP contribution >= 0.6 is 0 Å². The Kier molecular flexibility index (Phi) is 9.77. The summed E-state index contributed by atoms with van der Waals surface area (Å²) < 4.78 is 5.00. The van der Waals surface area contributed by atoms with Crippen molar-refractivity contribution in [3.05, 3.63) is 120 Å². The number of unbranched alkanes of at least 4 members (excludes halogenated alkanes) is 1. The number of carbonyl (C=O) groups excluding carboxylic acids is 3. The van der Waals surface area contributed by atoms with Gasteiger partial charge in [0.05, 0.1) is 7.11 Å². The molecule has 0 aromatic heterocycles. The molecule has 266 valence electrons. The second-order valence-electron chi connectivity index (χ2n) is 14.4. The highest BCUT2D eigenvalue weighted by Gasteiger charge is 2.21. The Morgan fingerprint density at radius 3 is 1.49 bits per heavy atom. The van der Waals surface area contributed by atoms with E-state index in [0.717, 1.165) is 19.3 Å². The molecule has 0 unspecified atom stereocenters. The van der Waals surface area contributed by atoms with Crippen LogP contribution in [0.3, 0.4) is 0 Å². The molecule has 2 N–H and O–H groups in total. The summed E-state index contributed by atoms with van der Waals surface area (Å²) in [5, 5.41) is 21.1. The highest BCUT2D eigenvalue weighted by molar-refractivity contribution is 6.24. The molecule has 0 aliphatic rings. The molecule has 8 aromatic carbocycles. The van der Waals surface area contributed by atoms with Crippen LogP contribution in [-0.2, 0) is 32.0 Å². The smallest absolute Gasteiger partial charge is 0.328 e. The van der Waals surface area contributed by atoms with Crippen molar-refractivity contribution in [2.75, 3.05) is 13.7 Å². The van der Waals surface area contributed by atoms with Crippen molar-refractivity contribution in [2.24, 2.45) is 0 Å². The number of nitrogens with one attached hydrogen (secondary N) is 2. The van der Waals surface area contributed by atoms with E-state index in [2.05, 4.69) is 120 Å². The van der Waals surface area contributed by atoms with E-state index in [0.29, 0.717) is 45.1 Å². The monoisotopic (exact) mass is 700 g/mol. The molecule has 0 heterocycles. The predicted molar refractivity (Wildman–Crippen MR) is 217 cm³/mol. The van der Waals surface area contributed by atoms with Gasteiger partial charge < -0.3 is 15.4 Å². The van der Waals surface area contributed by atoms with E-state index in [9.17, 15) is 14.4 Å².